The molecule has 0 saturated carbocycles. The molecule has 1 aromatic carbocycles. The van der Waals surface area contributed by atoms with Crippen molar-refractivity contribution in [3.63, 3.8) is 0 Å². The topological polar surface area (TPSA) is 84.0 Å². The molecule has 0 aliphatic rings. The van der Waals surface area contributed by atoms with Gasteiger partial charge < -0.3 is 10.6 Å². The zero-order valence-corrected chi connectivity index (χ0v) is 14.5. The Morgan fingerprint density at radius 2 is 1.77 bits per heavy atom. The van der Waals surface area contributed by atoms with Crippen molar-refractivity contribution in [2.45, 2.75) is 13.8 Å². The number of pyridine rings is 2. The molecule has 0 saturated heterocycles. The minimum Gasteiger partial charge on any atom is -0.322 e. The molecule has 0 aliphatic carbocycles. The lowest BCUT2D eigenvalue weighted by Crippen LogP contribution is -2.17. The summed E-state index contributed by atoms with van der Waals surface area (Å²) in [6.07, 6.45) is 4.74. The molecule has 2 aromatic heterocycles. The van der Waals surface area contributed by atoms with Gasteiger partial charge in [-0.1, -0.05) is 6.07 Å². The predicted octanol–water partition coefficient (Wildman–Crippen LogP) is 3.60. The number of aromatic nitrogens is 2. The fraction of sp³-hybridized carbons (Fsp3) is 0.100. The molecule has 0 unspecified atom stereocenters. The average Bonchev–Trinajstić information content (AvgIpc) is 2.64. The van der Waals surface area contributed by atoms with Crippen LogP contribution in [0.15, 0.2) is 61.1 Å². The average molecular weight is 346 g/mol. The Morgan fingerprint density at radius 1 is 0.923 bits per heavy atom. The van der Waals surface area contributed by atoms with Crippen molar-refractivity contribution in [1.82, 2.24) is 9.97 Å². The lowest BCUT2D eigenvalue weighted by atomic mass is 10.1. The van der Waals surface area contributed by atoms with E-state index in [2.05, 4.69) is 20.6 Å². The molecule has 3 aromatic rings. The summed E-state index contributed by atoms with van der Waals surface area (Å²) in [5, 5.41) is 5.60. The van der Waals surface area contributed by atoms with Gasteiger partial charge >= 0.3 is 0 Å². The van der Waals surface area contributed by atoms with Crippen LogP contribution in [-0.2, 0) is 0 Å². The number of carbonyl (C=O) groups excluding carboxylic acids is 2. The summed E-state index contributed by atoms with van der Waals surface area (Å²) in [6.45, 7) is 3.72. The Bertz CT molecular complexity index is 955. The van der Waals surface area contributed by atoms with Gasteiger partial charge in [-0.25, -0.2) is 4.98 Å². The lowest BCUT2D eigenvalue weighted by molar-refractivity contribution is 0.101. The largest absolute Gasteiger partial charge is 0.322 e. The summed E-state index contributed by atoms with van der Waals surface area (Å²) >= 11 is 0. The van der Waals surface area contributed by atoms with Crippen molar-refractivity contribution < 1.29 is 9.59 Å². The molecule has 3 rings (SSSR count). The van der Waals surface area contributed by atoms with E-state index < -0.39 is 0 Å². The minimum atomic E-state index is -0.280. The molecular formula is C20H18N4O2. The van der Waals surface area contributed by atoms with E-state index in [9.17, 15) is 9.59 Å². The highest BCUT2D eigenvalue weighted by Crippen LogP contribution is 2.21. The smallest absolute Gasteiger partial charge is 0.257 e. The number of anilines is 2. The van der Waals surface area contributed by atoms with Gasteiger partial charge in [0.25, 0.3) is 11.8 Å². The SMILES string of the molecule is Cc1ccnc(NC(=O)c2cccc(NC(=O)c3cccnc3)c2C)c1. The number of hydrogen-bond donors (Lipinski definition) is 2. The quantitative estimate of drug-likeness (QED) is 0.756. The van der Waals surface area contributed by atoms with E-state index in [0.717, 1.165) is 5.56 Å². The molecule has 26 heavy (non-hydrogen) atoms. The third-order valence-electron chi connectivity index (χ3n) is 3.91. The molecule has 0 spiro atoms. The second-order valence-electron chi connectivity index (χ2n) is 5.85. The van der Waals surface area contributed by atoms with Crippen LogP contribution in [0.5, 0.6) is 0 Å². The van der Waals surface area contributed by atoms with Crippen molar-refractivity contribution in [3.8, 4) is 0 Å². The first-order chi connectivity index (χ1) is 12.5. The summed E-state index contributed by atoms with van der Waals surface area (Å²) in [6, 6.07) is 12.2. The summed E-state index contributed by atoms with van der Waals surface area (Å²) in [4.78, 5) is 33.0. The Hall–Kier alpha value is -3.54. The van der Waals surface area contributed by atoms with Gasteiger partial charge in [-0.2, -0.15) is 0 Å². The zero-order chi connectivity index (χ0) is 18.5. The molecular weight excluding hydrogens is 328 g/mol. The Morgan fingerprint density at radius 3 is 2.50 bits per heavy atom. The van der Waals surface area contributed by atoms with Gasteiger partial charge in [-0.05, 0) is 61.4 Å². The first-order valence-corrected chi connectivity index (χ1v) is 8.09. The third-order valence-corrected chi connectivity index (χ3v) is 3.91. The van der Waals surface area contributed by atoms with E-state index in [0.29, 0.717) is 28.2 Å². The van der Waals surface area contributed by atoms with Crippen LogP contribution in [0.1, 0.15) is 31.8 Å². The van der Waals surface area contributed by atoms with Crippen LogP contribution in [-0.4, -0.2) is 21.8 Å². The molecule has 0 atom stereocenters. The molecule has 0 aliphatic heterocycles. The molecule has 2 amide bonds. The van der Waals surface area contributed by atoms with E-state index in [1.807, 2.05) is 13.0 Å². The molecule has 0 fully saturated rings. The first kappa shape index (κ1) is 17.3. The highest BCUT2D eigenvalue weighted by atomic mass is 16.2. The predicted molar refractivity (Wildman–Crippen MR) is 100 cm³/mol. The van der Waals surface area contributed by atoms with Crippen LogP contribution >= 0.6 is 0 Å². The van der Waals surface area contributed by atoms with Crippen LogP contribution in [0.4, 0.5) is 11.5 Å². The molecule has 6 heteroatoms. The van der Waals surface area contributed by atoms with Gasteiger partial charge in [0, 0.05) is 29.8 Å². The Balaban J connectivity index is 1.80. The number of carbonyl (C=O) groups is 2. The number of hydrogen-bond acceptors (Lipinski definition) is 4. The summed E-state index contributed by atoms with van der Waals surface area (Å²) in [5.74, 6) is -0.0728. The maximum absolute atomic E-state index is 12.6. The van der Waals surface area contributed by atoms with Gasteiger partial charge in [0.15, 0.2) is 0 Å². The second-order valence-corrected chi connectivity index (χ2v) is 5.85. The standard InChI is InChI=1S/C20H18N4O2/c1-13-8-10-22-18(11-13)24-20(26)16-6-3-7-17(14(16)2)23-19(25)15-5-4-9-21-12-15/h3-12H,1-2H3,(H,23,25)(H,22,24,26). The van der Waals surface area contributed by atoms with Gasteiger partial charge in [-0.15, -0.1) is 0 Å². The van der Waals surface area contributed by atoms with Crippen molar-refractivity contribution >= 4 is 23.3 Å². The van der Waals surface area contributed by atoms with Gasteiger partial charge in [0.05, 0.1) is 5.56 Å². The van der Waals surface area contributed by atoms with Crippen molar-refractivity contribution in [1.29, 1.82) is 0 Å². The van der Waals surface area contributed by atoms with Crippen molar-refractivity contribution in [2.75, 3.05) is 10.6 Å². The summed E-state index contributed by atoms with van der Waals surface area (Å²) in [7, 11) is 0. The lowest BCUT2D eigenvalue weighted by Gasteiger charge is -2.12. The van der Waals surface area contributed by atoms with E-state index in [1.54, 1.807) is 55.7 Å². The number of nitrogens with one attached hydrogen (secondary N) is 2. The first-order valence-electron chi connectivity index (χ1n) is 8.09. The number of rotatable bonds is 4. The van der Waals surface area contributed by atoms with E-state index in [4.69, 9.17) is 0 Å². The maximum atomic E-state index is 12.6. The van der Waals surface area contributed by atoms with E-state index >= 15 is 0 Å². The molecule has 0 bridgehead atoms. The normalized spacial score (nSPS) is 10.2. The van der Waals surface area contributed by atoms with Crippen molar-refractivity contribution in [2.24, 2.45) is 0 Å². The molecule has 6 nitrogen and oxygen atoms in total. The van der Waals surface area contributed by atoms with Gasteiger partial charge in [-0.3, -0.25) is 14.6 Å². The fourth-order valence-corrected chi connectivity index (χ4v) is 2.50. The van der Waals surface area contributed by atoms with Crippen LogP contribution in [0, 0.1) is 13.8 Å². The number of amides is 2. The van der Waals surface area contributed by atoms with E-state index in [-0.39, 0.29) is 11.8 Å². The van der Waals surface area contributed by atoms with Crippen LogP contribution in [0.25, 0.3) is 0 Å². The monoisotopic (exact) mass is 346 g/mol. The van der Waals surface area contributed by atoms with Gasteiger partial charge in [0.2, 0.25) is 0 Å². The summed E-state index contributed by atoms with van der Waals surface area (Å²) in [5.41, 5.74) is 3.17. The maximum Gasteiger partial charge on any atom is 0.257 e. The molecule has 130 valence electrons. The fourth-order valence-electron chi connectivity index (χ4n) is 2.50. The van der Waals surface area contributed by atoms with Crippen LogP contribution in [0.3, 0.4) is 0 Å². The Kier molecular flexibility index (Phi) is 5.03. The third kappa shape index (κ3) is 3.92. The highest BCUT2D eigenvalue weighted by molar-refractivity contribution is 6.08. The molecule has 2 N–H and O–H groups in total. The molecule has 2 heterocycles. The summed E-state index contributed by atoms with van der Waals surface area (Å²) < 4.78 is 0. The van der Waals surface area contributed by atoms with Crippen LogP contribution in [0.2, 0.25) is 0 Å². The zero-order valence-electron chi connectivity index (χ0n) is 14.5. The molecule has 0 radical (unpaired) electrons. The van der Waals surface area contributed by atoms with E-state index in [1.165, 1.54) is 6.20 Å². The van der Waals surface area contributed by atoms with Crippen LogP contribution < -0.4 is 10.6 Å². The Labute approximate surface area is 151 Å². The second kappa shape index (κ2) is 7.57. The van der Waals surface area contributed by atoms with Gasteiger partial charge in [0.1, 0.15) is 5.82 Å². The van der Waals surface area contributed by atoms with Crippen molar-refractivity contribution in [3.05, 3.63) is 83.3 Å². The number of nitrogens with zero attached hydrogens (tertiary/aromatic N) is 2. The minimum absolute atomic E-state index is 0.279. The highest BCUT2D eigenvalue weighted by Gasteiger charge is 2.14. The number of benzene rings is 1. The number of aryl methyl sites for hydroxylation is 1.